The first-order chi connectivity index (χ1) is 16.4. The van der Waals surface area contributed by atoms with Crippen LogP contribution in [-0.2, 0) is 24.3 Å². The van der Waals surface area contributed by atoms with E-state index in [2.05, 4.69) is 4.72 Å². The molecule has 4 rings (SSSR count). The molecule has 1 aliphatic heterocycles. The van der Waals surface area contributed by atoms with Crippen molar-refractivity contribution in [2.24, 2.45) is 0 Å². The van der Waals surface area contributed by atoms with E-state index < -0.39 is 22.1 Å². The molecular weight excluding hydrogens is 460 g/mol. The highest BCUT2D eigenvalue weighted by Crippen LogP contribution is 2.33. The van der Waals surface area contributed by atoms with Gasteiger partial charge in [0.25, 0.3) is 5.91 Å². The van der Waals surface area contributed by atoms with Crippen molar-refractivity contribution in [3.63, 3.8) is 0 Å². The van der Waals surface area contributed by atoms with E-state index in [0.717, 1.165) is 32.1 Å². The maximum absolute atomic E-state index is 12.9. The Morgan fingerprint density at radius 3 is 2.47 bits per heavy atom. The summed E-state index contributed by atoms with van der Waals surface area (Å²) in [7, 11) is -2.35. The highest BCUT2D eigenvalue weighted by atomic mass is 32.2. The van der Waals surface area contributed by atoms with Crippen molar-refractivity contribution < 1.29 is 32.2 Å². The Hall–Kier alpha value is -3.11. The number of carbonyl (C=O) groups excluding carboxylic acids is 2. The molecule has 0 radical (unpaired) electrons. The van der Waals surface area contributed by atoms with Crippen LogP contribution in [0.5, 0.6) is 11.5 Å². The van der Waals surface area contributed by atoms with Crippen LogP contribution in [0.25, 0.3) is 0 Å². The zero-order valence-corrected chi connectivity index (χ0v) is 19.8. The fraction of sp³-hybridized carbons (Fsp3) is 0.417. The zero-order valence-electron chi connectivity index (χ0n) is 18.9. The first-order valence-electron chi connectivity index (χ1n) is 11.3. The summed E-state index contributed by atoms with van der Waals surface area (Å²) in [5.41, 5.74) is 0.534. The molecule has 182 valence electrons. The molecule has 2 aromatic carbocycles. The highest BCUT2D eigenvalue weighted by Gasteiger charge is 2.34. The van der Waals surface area contributed by atoms with Crippen molar-refractivity contribution in [1.82, 2.24) is 4.72 Å². The molecule has 1 N–H and O–H groups in total. The zero-order chi connectivity index (χ0) is 24.1. The maximum Gasteiger partial charge on any atom is 0.348 e. The Morgan fingerprint density at radius 1 is 1.06 bits per heavy atom. The van der Waals surface area contributed by atoms with E-state index >= 15 is 0 Å². The van der Waals surface area contributed by atoms with Gasteiger partial charge in [0.1, 0.15) is 11.5 Å². The number of rotatable bonds is 7. The lowest BCUT2D eigenvalue weighted by atomic mass is 9.96. The van der Waals surface area contributed by atoms with Crippen LogP contribution < -0.4 is 19.1 Å². The number of hydrogen-bond acceptors (Lipinski definition) is 7. The van der Waals surface area contributed by atoms with Gasteiger partial charge in [0.2, 0.25) is 16.1 Å². The predicted octanol–water partition coefficient (Wildman–Crippen LogP) is 2.64. The summed E-state index contributed by atoms with van der Waals surface area (Å²) in [4.78, 5) is 26.5. The number of anilines is 1. The first-order valence-corrected chi connectivity index (χ1v) is 12.7. The molecule has 0 saturated heterocycles. The number of ether oxygens (including phenoxy) is 3. The molecule has 1 heterocycles. The summed E-state index contributed by atoms with van der Waals surface area (Å²) in [6.45, 7) is -0.301. The van der Waals surface area contributed by atoms with E-state index in [0.29, 0.717) is 17.2 Å². The van der Waals surface area contributed by atoms with Crippen molar-refractivity contribution in [3.8, 4) is 11.5 Å². The summed E-state index contributed by atoms with van der Waals surface area (Å²) in [5.74, 6) is -0.194. The molecule has 1 atom stereocenters. The largest absolute Gasteiger partial charge is 0.484 e. The van der Waals surface area contributed by atoms with Crippen LogP contribution in [0.2, 0.25) is 0 Å². The van der Waals surface area contributed by atoms with Gasteiger partial charge in [-0.15, -0.1) is 0 Å². The molecule has 34 heavy (non-hydrogen) atoms. The Bertz CT molecular complexity index is 1130. The lowest BCUT2D eigenvalue weighted by Gasteiger charge is -2.33. The monoisotopic (exact) mass is 488 g/mol. The Balaban J connectivity index is 1.39. The number of amides is 1. The van der Waals surface area contributed by atoms with Crippen LogP contribution in [-0.4, -0.2) is 52.7 Å². The summed E-state index contributed by atoms with van der Waals surface area (Å²) in [5, 5.41) is 0. The second kappa shape index (κ2) is 10.4. The lowest BCUT2D eigenvalue weighted by molar-refractivity contribution is -0.148. The van der Waals surface area contributed by atoms with E-state index in [1.54, 1.807) is 24.3 Å². The van der Waals surface area contributed by atoms with Gasteiger partial charge in [0.15, 0.2) is 6.61 Å². The number of fused-ring (bicyclic) bond motifs is 1. The Kier molecular flexibility index (Phi) is 7.38. The van der Waals surface area contributed by atoms with Gasteiger partial charge in [-0.05, 0) is 49.2 Å². The third kappa shape index (κ3) is 5.51. The summed E-state index contributed by atoms with van der Waals surface area (Å²) in [6.07, 6.45) is 3.96. The molecule has 1 saturated carbocycles. The second-order valence-corrected chi connectivity index (χ2v) is 10.0. The summed E-state index contributed by atoms with van der Waals surface area (Å²) in [6, 6.07) is 12.8. The van der Waals surface area contributed by atoms with Crippen LogP contribution in [0.4, 0.5) is 5.69 Å². The Labute approximate surface area is 199 Å². The van der Waals surface area contributed by atoms with Crippen LogP contribution in [0, 0.1) is 0 Å². The topological polar surface area (TPSA) is 111 Å². The van der Waals surface area contributed by atoms with Gasteiger partial charge in [-0.3, -0.25) is 4.79 Å². The van der Waals surface area contributed by atoms with Gasteiger partial charge in [0.05, 0.1) is 24.2 Å². The predicted molar refractivity (Wildman–Crippen MR) is 124 cm³/mol. The van der Waals surface area contributed by atoms with Gasteiger partial charge < -0.3 is 19.1 Å². The summed E-state index contributed by atoms with van der Waals surface area (Å²) >= 11 is 0. The lowest BCUT2D eigenvalue weighted by Crippen LogP contribution is -2.48. The minimum absolute atomic E-state index is 0.00407. The third-order valence-corrected chi connectivity index (χ3v) is 7.50. The van der Waals surface area contributed by atoms with Crippen molar-refractivity contribution in [2.45, 2.75) is 49.1 Å². The minimum atomic E-state index is -3.61. The molecule has 0 spiro atoms. The maximum atomic E-state index is 12.9. The quantitative estimate of drug-likeness (QED) is 0.597. The minimum Gasteiger partial charge on any atom is -0.484 e. The molecular formula is C24H28N2O7S. The fourth-order valence-electron chi connectivity index (χ4n) is 4.17. The van der Waals surface area contributed by atoms with Crippen molar-refractivity contribution in [1.29, 1.82) is 0 Å². The average molecular weight is 489 g/mol. The molecule has 10 heteroatoms. The number of benzene rings is 2. The SMILES string of the molecule is COC(=O)[C@@H]1CN(C(=O)COc2ccc(S(=O)(=O)NC3CCCCC3)cc2)c2ccccc2O1. The standard InChI is InChI=1S/C24H28N2O7S/c1-31-24(28)22-15-26(20-9-5-6-10-21(20)33-22)23(27)16-32-18-11-13-19(14-12-18)34(29,30)25-17-7-3-2-4-8-17/h5-6,9-14,17,22,25H,2-4,7-8,15-16H2,1H3/t22-/m0/s1. The number of hydrogen-bond donors (Lipinski definition) is 1. The molecule has 2 aromatic rings. The van der Waals surface area contributed by atoms with Gasteiger partial charge in [-0.2, -0.15) is 0 Å². The van der Waals surface area contributed by atoms with Crippen LogP contribution >= 0.6 is 0 Å². The van der Waals surface area contributed by atoms with E-state index in [4.69, 9.17) is 14.2 Å². The van der Waals surface area contributed by atoms with Gasteiger partial charge in [-0.1, -0.05) is 31.4 Å². The van der Waals surface area contributed by atoms with E-state index in [1.807, 2.05) is 0 Å². The third-order valence-electron chi connectivity index (χ3n) is 5.96. The van der Waals surface area contributed by atoms with E-state index in [9.17, 15) is 18.0 Å². The normalized spacial score (nSPS) is 18.5. The van der Waals surface area contributed by atoms with Crippen LogP contribution in [0.15, 0.2) is 53.4 Å². The van der Waals surface area contributed by atoms with Crippen LogP contribution in [0.1, 0.15) is 32.1 Å². The fourth-order valence-corrected chi connectivity index (χ4v) is 5.48. The number of esters is 1. The van der Waals surface area contributed by atoms with Crippen molar-refractivity contribution in [3.05, 3.63) is 48.5 Å². The van der Waals surface area contributed by atoms with Crippen LogP contribution in [0.3, 0.4) is 0 Å². The number of nitrogens with zero attached hydrogens (tertiary/aromatic N) is 1. The number of nitrogens with one attached hydrogen (secondary N) is 1. The Morgan fingerprint density at radius 2 is 1.76 bits per heavy atom. The molecule has 0 bridgehead atoms. The summed E-state index contributed by atoms with van der Waals surface area (Å²) < 4.78 is 44.1. The molecule has 1 fully saturated rings. The molecule has 0 unspecified atom stereocenters. The van der Waals surface area contributed by atoms with Crippen molar-refractivity contribution in [2.75, 3.05) is 25.2 Å². The number of carbonyl (C=O) groups is 2. The smallest absolute Gasteiger partial charge is 0.348 e. The van der Waals surface area contributed by atoms with Gasteiger partial charge in [0, 0.05) is 6.04 Å². The van der Waals surface area contributed by atoms with E-state index in [-0.39, 0.29) is 30.0 Å². The van der Waals surface area contributed by atoms with E-state index in [1.165, 1.54) is 36.3 Å². The molecule has 1 amide bonds. The molecule has 9 nitrogen and oxygen atoms in total. The van der Waals surface area contributed by atoms with Gasteiger partial charge in [-0.25, -0.2) is 17.9 Å². The number of methoxy groups -OCH3 is 1. The van der Waals surface area contributed by atoms with Crippen molar-refractivity contribution >= 4 is 27.6 Å². The molecule has 1 aliphatic carbocycles. The first kappa shape index (κ1) is 24.0. The number of sulfonamides is 1. The molecule has 0 aromatic heterocycles. The molecule has 2 aliphatic rings. The van der Waals surface area contributed by atoms with Gasteiger partial charge >= 0.3 is 5.97 Å². The average Bonchev–Trinajstić information content (AvgIpc) is 2.86. The number of para-hydroxylation sites is 2. The highest BCUT2D eigenvalue weighted by molar-refractivity contribution is 7.89. The second-order valence-electron chi connectivity index (χ2n) is 8.32.